The van der Waals surface area contributed by atoms with Gasteiger partial charge in [0.15, 0.2) is 0 Å². The number of ether oxygens (including phenoxy) is 2. The Hall–Kier alpha value is -3.81. The minimum Gasteiger partial charge on any atom is -0.472 e. The number of nitrogens with one attached hydrogen (secondary N) is 1. The van der Waals surface area contributed by atoms with Gasteiger partial charge < -0.3 is 9.47 Å². The van der Waals surface area contributed by atoms with Crippen LogP contribution in [0, 0.1) is 0 Å². The molecule has 2 aromatic carbocycles. The summed E-state index contributed by atoms with van der Waals surface area (Å²) in [6, 6.07) is 19.4. The van der Waals surface area contributed by atoms with Crippen molar-refractivity contribution < 1.29 is 9.47 Å². The van der Waals surface area contributed by atoms with Crippen LogP contribution >= 0.6 is 0 Å². The van der Waals surface area contributed by atoms with E-state index < -0.39 is 0 Å². The lowest BCUT2D eigenvalue weighted by atomic mass is 10.1. The first kappa shape index (κ1) is 17.6. The summed E-state index contributed by atoms with van der Waals surface area (Å²) >= 11 is 0. The zero-order chi connectivity index (χ0) is 19.5. The molecule has 0 bridgehead atoms. The van der Waals surface area contributed by atoms with Crippen LogP contribution in [0.2, 0.25) is 0 Å². The number of methoxy groups -OCH3 is 1. The van der Waals surface area contributed by atoms with E-state index in [-0.39, 0.29) is 18.3 Å². The summed E-state index contributed by atoms with van der Waals surface area (Å²) in [5, 5.41) is 11.3. The molecule has 0 aliphatic rings. The molecule has 0 fully saturated rings. The third-order valence-electron chi connectivity index (χ3n) is 4.32. The van der Waals surface area contributed by atoms with Crippen LogP contribution in [-0.2, 0) is 13.7 Å². The summed E-state index contributed by atoms with van der Waals surface area (Å²) in [6.45, 7) is 0.236. The van der Waals surface area contributed by atoms with E-state index >= 15 is 0 Å². The van der Waals surface area contributed by atoms with Crippen LogP contribution in [0.5, 0.6) is 11.9 Å². The number of para-hydroxylation sites is 1. The first-order valence-electron chi connectivity index (χ1n) is 8.69. The van der Waals surface area contributed by atoms with Gasteiger partial charge in [0.25, 0.3) is 0 Å². The maximum atomic E-state index is 12.5. The molecule has 0 aliphatic carbocycles. The van der Waals surface area contributed by atoms with Gasteiger partial charge in [-0.05, 0) is 11.6 Å². The van der Waals surface area contributed by atoms with Gasteiger partial charge in [-0.25, -0.2) is 14.0 Å². The Labute approximate surface area is 161 Å². The quantitative estimate of drug-likeness (QED) is 0.558. The van der Waals surface area contributed by atoms with Crippen molar-refractivity contribution in [2.24, 2.45) is 7.05 Å². The molecular weight excluding hydrogens is 358 g/mol. The van der Waals surface area contributed by atoms with Gasteiger partial charge in [0.2, 0.25) is 5.88 Å². The lowest BCUT2D eigenvalue weighted by Crippen LogP contribution is -2.22. The average Bonchev–Trinajstić information content (AvgIpc) is 3.32. The van der Waals surface area contributed by atoms with E-state index in [1.807, 2.05) is 60.7 Å². The SMILES string of the molecule is COc1nn(C)c(=O)n1-c1ccccc1COc1cc(-c2ccccc2)[nH]n1. The summed E-state index contributed by atoms with van der Waals surface area (Å²) in [7, 11) is 3.06. The fourth-order valence-electron chi connectivity index (χ4n) is 2.93. The fourth-order valence-corrected chi connectivity index (χ4v) is 2.93. The molecule has 0 saturated carbocycles. The first-order chi connectivity index (χ1) is 13.7. The Morgan fingerprint density at radius 2 is 1.82 bits per heavy atom. The van der Waals surface area contributed by atoms with Crippen LogP contribution in [0.25, 0.3) is 16.9 Å². The second-order valence-electron chi connectivity index (χ2n) is 6.13. The molecule has 4 rings (SSSR count). The molecule has 0 saturated heterocycles. The van der Waals surface area contributed by atoms with Gasteiger partial charge in [0, 0.05) is 18.7 Å². The van der Waals surface area contributed by atoms with E-state index in [0.717, 1.165) is 16.8 Å². The maximum Gasteiger partial charge on any atom is 0.353 e. The molecule has 0 spiro atoms. The molecule has 142 valence electrons. The number of hydrogen-bond donors (Lipinski definition) is 1. The van der Waals surface area contributed by atoms with Crippen molar-refractivity contribution in [1.29, 1.82) is 0 Å². The normalized spacial score (nSPS) is 10.8. The van der Waals surface area contributed by atoms with Gasteiger partial charge in [0.1, 0.15) is 6.61 Å². The molecular formula is C20H19N5O3. The maximum absolute atomic E-state index is 12.5. The number of aromatic amines is 1. The van der Waals surface area contributed by atoms with Crippen molar-refractivity contribution in [2.75, 3.05) is 7.11 Å². The highest BCUT2D eigenvalue weighted by molar-refractivity contribution is 5.59. The molecule has 28 heavy (non-hydrogen) atoms. The second-order valence-corrected chi connectivity index (χ2v) is 6.13. The summed E-state index contributed by atoms with van der Waals surface area (Å²) < 4.78 is 13.7. The molecule has 0 amide bonds. The minimum absolute atomic E-state index is 0.214. The van der Waals surface area contributed by atoms with Crippen LogP contribution in [-0.4, -0.2) is 31.7 Å². The summed E-state index contributed by atoms with van der Waals surface area (Å²) in [5.41, 5.74) is 3.05. The van der Waals surface area contributed by atoms with E-state index in [9.17, 15) is 4.79 Å². The van der Waals surface area contributed by atoms with Crippen LogP contribution in [0.15, 0.2) is 65.5 Å². The van der Waals surface area contributed by atoms with Gasteiger partial charge in [0.05, 0.1) is 18.5 Å². The van der Waals surface area contributed by atoms with E-state index in [0.29, 0.717) is 11.6 Å². The van der Waals surface area contributed by atoms with Gasteiger partial charge in [-0.2, -0.15) is 0 Å². The van der Waals surface area contributed by atoms with Gasteiger partial charge in [-0.1, -0.05) is 48.5 Å². The number of H-pyrrole nitrogens is 1. The third-order valence-corrected chi connectivity index (χ3v) is 4.32. The summed E-state index contributed by atoms with van der Waals surface area (Å²) in [5.74, 6) is 0.471. The number of aryl methyl sites for hydroxylation is 1. The Bertz CT molecular complexity index is 1140. The first-order valence-corrected chi connectivity index (χ1v) is 8.69. The number of hydrogen-bond acceptors (Lipinski definition) is 5. The van der Waals surface area contributed by atoms with Crippen molar-refractivity contribution in [3.63, 3.8) is 0 Å². The number of nitrogens with zero attached hydrogens (tertiary/aromatic N) is 4. The molecule has 0 aliphatic heterocycles. The molecule has 2 aromatic heterocycles. The molecule has 2 heterocycles. The summed E-state index contributed by atoms with van der Waals surface area (Å²) in [6.07, 6.45) is 0. The number of rotatable bonds is 6. The molecule has 8 nitrogen and oxygen atoms in total. The van der Waals surface area contributed by atoms with Crippen molar-refractivity contribution in [3.05, 3.63) is 76.7 Å². The van der Waals surface area contributed by atoms with E-state index in [1.165, 1.54) is 16.4 Å². The molecule has 0 atom stereocenters. The Morgan fingerprint density at radius 1 is 1.07 bits per heavy atom. The van der Waals surface area contributed by atoms with E-state index in [1.54, 1.807) is 7.05 Å². The average molecular weight is 377 g/mol. The zero-order valence-electron chi connectivity index (χ0n) is 15.5. The van der Waals surface area contributed by atoms with Crippen molar-refractivity contribution in [2.45, 2.75) is 6.61 Å². The van der Waals surface area contributed by atoms with Crippen LogP contribution in [0.4, 0.5) is 0 Å². The second kappa shape index (κ2) is 7.43. The number of aromatic nitrogens is 5. The topological polar surface area (TPSA) is 87.0 Å². The highest BCUT2D eigenvalue weighted by atomic mass is 16.5. The molecule has 1 N–H and O–H groups in total. The van der Waals surface area contributed by atoms with Gasteiger partial charge in [-0.15, -0.1) is 10.2 Å². The zero-order valence-corrected chi connectivity index (χ0v) is 15.5. The van der Waals surface area contributed by atoms with E-state index in [4.69, 9.17) is 9.47 Å². The smallest absolute Gasteiger partial charge is 0.353 e. The molecule has 4 aromatic rings. The lowest BCUT2D eigenvalue weighted by molar-refractivity contribution is 0.292. The van der Waals surface area contributed by atoms with Crippen molar-refractivity contribution in [3.8, 4) is 28.8 Å². The summed E-state index contributed by atoms with van der Waals surface area (Å²) in [4.78, 5) is 12.5. The monoisotopic (exact) mass is 377 g/mol. The number of benzene rings is 2. The van der Waals surface area contributed by atoms with Crippen LogP contribution in [0.3, 0.4) is 0 Å². The predicted octanol–water partition coefficient (Wildman–Crippen LogP) is 2.55. The van der Waals surface area contributed by atoms with Gasteiger partial charge in [-0.3, -0.25) is 5.10 Å². The van der Waals surface area contributed by atoms with Gasteiger partial charge >= 0.3 is 11.7 Å². The molecule has 8 heteroatoms. The fraction of sp³-hybridized carbons (Fsp3) is 0.150. The Morgan fingerprint density at radius 3 is 2.61 bits per heavy atom. The van der Waals surface area contributed by atoms with E-state index in [2.05, 4.69) is 15.3 Å². The largest absolute Gasteiger partial charge is 0.472 e. The highest BCUT2D eigenvalue weighted by Gasteiger charge is 2.16. The Kier molecular flexibility index (Phi) is 4.67. The van der Waals surface area contributed by atoms with Crippen molar-refractivity contribution in [1.82, 2.24) is 24.5 Å². The molecule has 0 radical (unpaired) electrons. The standard InChI is InChI=1S/C20H19N5O3/c1-24-20(26)25(19(23-24)27-2)17-11-7-6-10-15(17)13-28-18-12-16(21-22-18)14-8-4-3-5-9-14/h3-12H,13H2,1-2H3,(H,21,22). The Balaban J connectivity index is 1.59. The highest BCUT2D eigenvalue weighted by Crippen LogP contribution is 2.23. The van der Waals surface area contributed by atoms with Crippen molar-refractivity contribution >= 4 is 0 Å². The predicted molar refractivity (Wildman–Crippen MR) is 104 cm³/mol. The third kappa shape index (κ3) is 3.27. The lowest BCUT2D eigenvalue weighted by Gasteiger charge is -2.10. The van der Waals surface area contributed by atoms with Crippen LogP contribution in [0.1, 0.15) is 5.56 Å². The minimum atomic E-state index is -0.296. The molecule has 0 unspecified atom stereocenters. The van der Waals surface area contributed by atoms with Crippen LogP contribution < -0.4 is 15.2 Å².